The van der Waals surface area contributed by atoms with Gasteiger partial charge in [0.15, 0.2) is 29.2 Å². The molecule has 5 N–H and O–H groups in total. The summed E-state index contributed by atoms with van der Waals surface area (Å²) in [6.45, 7) is 24.7. The Kier molecular flexibility index (Phi) is 18.9. The van der Waals surface area contributed by atoms with Crippen molar-refractivity contribution in [2.24, 2.45) is 45.3 Å². The van der Waals surface area contributed by atoms with Crippen LogP contribution in [0.25, 0.3) is 0 Å². The maximum Gasteiger partial charge on any atom is 0.338 e. The lowest BCUT2D eigenvalue weighted by atomic mass is 9.43. The SMILES string of the molecule is CC(=O)O[C@H]1C(=O)[C@@]2(C)[C@H]([C@H](OC(=O)c3ccccc3)[C@]3(O)C[C@H](OC(C)=O)C(C)=C1C3(C)C)[C@]1(OC(C)=O)CO[C@@H]1C[C@@H]2C.CC(=O)O[C@H]1C[C@@]2(O)[C@@H](OC(=O)c3ccccc3)[C@@H]3[C@]4(OC(C)=O)CO[C@@H]4C[C@H](C)[C@@]3(C)[C@@H](O)[C@H](OC(C)=O)C(=C1C)C2(C)C.O. The summed E-state index contributed by atoms with van der Waals surface area (Å²) in [6, 6.07) is 16.5. The quantitative estimate of drug-likeness (QED) is 0.140. The third-order valence-electron chi connectivity index (χ3n) is 22.2. The number of fused-ring (bicyclic) bond motifs is 10. The van der Waals surface area contributed by atoms with Crippen molar-refractivity contribution in [2.45, 2.75) is 214 Å². The first-order valence-electron chi connectivity index (χ1n) is 30.8. The van der Waals surface area contributed by atoms with Gasteiger partial charge in [0.2, 0.25) is 0 Å². The molecule has 2 aliphatic heterocycles. The Morgan fingerprint density at radius 3 is 1.30 bits per heavy atom. The number of rotatable bonds is 10. The summed E-state index contributed by atoms with van der Waals surface area (Å²) in [5.41, 5.74) is -10.4. The van der Waals surface area contributed by atoms with Crippen LogP contribution in [0.4, 0.5) is 0 Å². The van der Waals surface area contributed by atoms with Gasteiger partial charge in [-0.1, -0.05) is 91.8 Å². The standard InChI is InChI=1S/C34H44O11.C34H42O11.H2O/c2*1-17-14-24-33(16-41-24,45-21(5)37)27-29(44-30(39)22-12-10-9-11-13-22)34(40)15-23(42-19(3)35)18(2)25(31(34,6)7)26(43-20(4)36)28(38)32(17,27)8;/h9-13,17,23-24,26-29,38,40H,14-16H2,1-8H3;9-13,17,23-24,26-27,29,40H,14-16H2,1-8H3;1H2/t17-,23-,24+,26+,27-,28-,29-,32+,33-,34+;17-,23-,24+,26+,27-,29-,32+,33-,34+;/m00./s1. The summed E-state index contributed by atoms with van der Waals surface area (Å²) in [4.78, 5) is 118. The number of carbonyl (C=O) groups is 9. The molecule has 10 rings (SSSR count). The summed E-state index contributed by atoms with van der Waals surface area (Å²) >= 11 is 0. The molecular formula is C68H88O23. The first kappa shape index (κ1) is 70.0. The zero-order chi connectivity index (χ0) is 66.6. The smallest absolute Gasteiger partial charge is 0.338 e. The van der Waals surface area contributed by atoms with Crippen molar-refractivity contribution < 1.29 is 111 Å². The molecule has 0 spiro atoms. The third kappa shape index (κ3) is 11.0. The van der Waals surface area contributed by atoms with Crippen LogP contribution in [0.15, 0.2) is 83.0 Å². The minimum absolute atomic E-state index is 0. The lowest BCUT2D eigenvalue weighted by Crippen LogP contribution is -2.81. The summed E-state index contributed by atoms with van der Waals surface area (Å²) in [7, 11) is 0. The number of Topliss-reactive ketones (excluding diaryl/α,β-unsaturated/α-hetero) is 1. The Morgan fingerprint density at radius 1 is 0.516 bits per heavy atom. The van der Waals surface area contributed by atoms with Gasteiger partial charge in [0, 0.05) is 76.0 Å². The Balaban J connectivity index is 0.000000232. The second-order valence-corrected chi connectivity index (χ2v) is 27.7. The van der Waals surface area contributed by atoms with E-state index in [1.165, 1.54) is 41.5 Å². The van der Waals surface area contributed by atoms with E-state index < -0.39 is 170 Å². The number of ether oxygens (including phenoxy) is 10. The number of benzene rings is 2. The van der Waals surface area contributed by atoms with Gasteiger partial charge in [0.25, 0.3) is 0 Å². The molecule has 0 radical (unpaired) electrons. The second kappa shape index (κ2) is 24.5. The van der Waals surface area contributed by atoms with Gasteiger partial charge >= 0.3 is 47.8 Å². The van der Waals surface area contributed by atoms with E-state index in [0.717, 1.165) is 0 Å². The van der Waals surface area contributed by atoms with E-state index >= 15 is 4.79 Å². The summed E-state index contributed by atoms with van der Waals surface area (Å²) < 4.78 is 60.1. The largest absolute Gasteiger partial charge is 0.458 e. The van der Waals surface area contributed by atoms with Crippen molar-refractivity contribution in [1.82, 2.24) is 0 Å². The number of carbonyl (C=O) groups excluding carboxylic acids is 9. The highest BCUT2D eigenvalue weighted by atomic mass is 16.6. The van der Waals surface area contributed by atoms with Crippen LogP contribution < -0.4 is 0 Å². The number of hydrogen-bond donors (Lipinski definition) is 3. The predicted octanol–water partition coefficient (Wildman–Crippen LogP) is 5.96. The molecule has 2 aromatic carbocycles. The molecule has 2 aromatic rings. The molecular weight excluding hydrogens is 1180 g/mol. The molecule has 4 saturated carbocycles. The van der Waals surface area contributed by atoms with Crippen LogP contribution in [0.3, 0.4) is 0 Å². The van der Waals surface area contributed by atoms with Crippen LogP contribution in [0.2, 0.25) is 0 Å². The first-order chi connectivity index (χ1) is 41.8. The maximum atomic E-state index is 15.1. The van der Waals surface area contributed by atoms with Gasteiger partial charge < -0.3 is 68.2 Å². The molecule has 2 saturated heterocycles. The van der Waals surface area contributed by atoms with E-state index in [0.29, 0.717) is 29.6 Å². The number of esters is 8. The molecule has 6 fully saturated rings. The zero-order valence-electron chi connectivity index (χ0n) is 54.6. The number of ketones is 1. The monoisotopic (exact) mass is 1270 g/mol. The molecule has 8 aliphatic rings. The number of aliphatic hydroxyl groups is 3. The van der Waals surface area contributed by atoms with Gasteiger partial charge in [-0.3, -0.25) is 33.6 Å². The van der Waals surface area contributed by atoms with Gasteiger partial charge in [0.1, 0.15) is 53.9 Å². The Hall–Kier alpha value is -6.89. The van der Waals surface area contributed by atoms with Crippen molar-refractivity contribution in [3.63, 3.8) is 0 Å². The van der Waals surface area contributed by atoms with Crippen LogP contribution in [0.5, 0.6) is 0 Å². The fourth-order valence-electron chi connectivity index (χ4n) is 17.3. The Bertz CT molecular complexity index is 3320. The fourth-order valence-corrected chi connectivity index (χ4v) is 17.3. The first-order valence-corrected chi connectivity index (χ1v) is 30.8. The molecule has 23 heteroatoms. The Morgan fingerprint density at radius 2 is 0.901 bits per heavy atom. The minimum Gasteiger partial charge on any atom is -0.458 e. The van der Waals surface area contributed by atoms with Crippen molar-refractivity contribution in [3.05, 3.63) is 94.1 Å². The third-order valence-corrected chi connectivity index (χ3v) is 22.2. The molecule has 0 aromatic heterocycles. The van der Waals surface area contributed by atoms with Crippen molar-refractivity contribution in [2.75, 3.05) is 13.2 Å². The zero-order valence-corrected chi connectivity index (χ0v) is 54.6. The molecule has 6 aliphatic carbocycles. The topological polar surface area (TPSA) is 338 Å². The molecule has 498 valence electrons. The van der Waals surface area contributed by atoms with Gasteiger partial charge in [-0.05, 0) is 85.1 Å². The van der Waals surface area contributed by atoms with Crippen molar-refractivity contribution >= 4 is 53.5 Å². The van der Waals surface area contributed by atoms with E-state index in [2.05, 4.69) is 0 Å². The molecule has 0 unspecified atom stereocenters. The van der Waals surface area contributed by atoms with Crippen LogP contribution in [-0.2, 0) is 80.9 Å². The van der Waals surface area contributed by atoms with Crippen molar-refractivity contribution in [1.29, 1.82) is 0 Å². The lowest BCUT2D eigenvalue weighted by molar-refractivity contribution is -0.358. The molecule has 2 heterocycles. The van der Waals surface area contributed by atoms with Gasteiger partial charge in [-0.25, -0.2) is 9.59 Å². The van der Waals surface area contributed by atoms with Crippen LogP contribution >= 0.6 is 0 Å². The summed E-state index contributed by atoms with van der Waals surface area (Å²) in [5, 5.41) is 39.0. The van der Waals surface area contributed by atoms with Crippen molar-refractivity contribution in [3.8, 4) is 0 Å². The molecule has 0 amide bonds. The average molecular weight is 1270 g/mol. The van der Waals surface area contributed by atoms with Gasteiger partial charge in [-0.15, -0.1) is 0 Å². The summed E-state index contributed by atoms with van der Waals surface area (Å²) in [5.74, 6) is -8.90. The normalized spacial score (nSPS) is 38.7. The number of hydrogen-bond acceptors (Lipinski definition) is 22. The van der Waals surface area contributed by atoms with Gasteiger partial charge in [0.05, 0.1) is 36.2 Å². The van der Waals surface area contributed by atoms with E-state index in [1.54, 1.807) is 116 Å². The van der Waals surface area contributed by atoms with Crippen LogP contribution in [0, 0.1) is 45.3 Å². The predicted molar refractivity (Wildman–Crippen MR) is 319 cm³/mol. The Labute approximate surface area is 529 Å². The van der Waals surface area contributed by atoms with Crippen LogP contribution in [-0.4, -0.2) is 165 Å². The van der Waals surface area contributed by atoms with Crippen LogP contribution in [0.1, 0.15) is 157 Å². The van der Waals surface area contributed by atoms with E-state index in [1.807, 2.05) is 13.8 Å². The van der Waals surface area contributed by atoms with Gasteiger partial charge in [-0.2, -0.15) is 0 Å². The fraction of sp³-hybridized carbons (Fsp3) is 0.632. The highest BCUT2D eigenvalue weighted by molar-refractivity contribution is 5.95. The number of aliphatic hydroxyl groups excluding tert-OH is 1. The molecule has 19 atom stereocenters. The van der Waals surface area contributed by atoms with E-state index in [4.69, 9.17) is 47.4 Å². The van der Waals surface area contributed by atoms with E-state index in [-0.39, 0.29) is 54.1 Å². The lowest BCUT2D eigenvalue weighted by Gasteiger charge is -2.69. The minimum atomic E-state index is -2.04. The molecule has 23 nitrogen and oxygen atoms in total. The second-order valence-electron chi connectivity index (χ2n) is 27.7. The molecule has 91 heavy (non-hydrogen) atoms. The van der Waals surface area contributed by atoms with E-state index in [9.17, 15) is 53.7 Å². The highest BCUT2D eigenvalue weighted by Gasteiger charge is 2.80. The maximum absolute atomic E-state index is 15.1. The molecule has 4 bridgehead atoms. The summed E-state index contributed by atoms with van der Waals surface area (Å²) in [6.07, 6.45) is -10.2. The average Bonchev–Trinajstić information content (AvgIpc) is 0.677. The highest BCUT2D eigenvalue weighted by Crippen LogP contribution is 2.68.